The summed E-state index contributed by atoms with van der Waals surface area (Å²) in [4.78, 5) is 24.5. The SMILES string of the molecule is CC(=O)N/N=C(\C)CC(=O)N(C(C)C)C(C)C. The molecule has 0 aliphatic rings. The second-order valence-electron chi connectivity index (χ2n) is 4.68. The van der Waals surface area contributed by atoms with Gasteiger partial charge in [-0.3, -0.25) is 9.59 Å². The molecule has 0 radical (unpaired) electrons. The van der Waals surface area contributed by atoms with E-state index >= 15 is 0 Å². The molecule has 0 saturated heterocycles. The van der Waals surface area contributed by atoms with Crippen LogP contribution in [0.4, 0.5) is 0 Å². The molecule has 2 amide bonds. The molecule has 0 heterocycles. The Kier molecular flexibility index (Phi) is 6.46. The lowest BCUT2D eigenvalue weighted by atomic mass is 10.2. The fraction of sp³-hybridized carbons (Fsp3) is 0.750. The number of nitrogens with zero attached hydrogens (tertiary/aromatic N) is 2. The topological polar surface area (TPSA) is 61.8 Å². The molecule has 0 atom stereocenters. The molecule has 0 aromatic carbocycles. The molecule has 17 heavy (non-hydrogen) atoms. The molecule has 0 unspecified atom stereocenters. The van der Waals surface area contributed by atoms with Gasteiger partial charge in [-0.15, -0.1) is 0 Å². The molecule has 5 nitrogen and oxygen atoms in total. The molecule has 0 aromatic rings. The molecule has 0 fully saturated rings. The van der Waals surface area contributed by atoms with E-state index in [-0.39, 0.29) is 30.3 Å². The number of amides is 2. The third-order valence-corrected chi connectivity index (χ3v) is 2.21. The summed E-state index contributed by atoms with van der Waals surface area (Å²) in [5.41, 5.74) is 2.93. The minimum Gasteiger partial charge on any atom is -0.338 e. The monoisotopic (exact) mass is 241 g/mol. The summed E-state index contributed by atoms with van der Waals surface area (Å²) in [6.45, 7) is 11.0. The lowest BCUT2D eigenvalue weighted by molar-refractivity contribution is -0.133. The number of nitrogens with one attached hydrogen (secondary N) is 1. The fourth-order valence-corrected chi connectivity index (χ4v) is 1.70. The highest BCUT2D eigenvalue weighted by molar-refractivity contribution is 6.00. The van der Waals surface area contributed by atoms with Crippen LogP contribution >= 0.6 is 0 Å². The number of hydrogen-bond donors (Lipinski definition) is 1. The first-order valence-corrected chi connectivity index (χ1v) is 5.86. The molecule has 0 aliphatic carbocycles. The van der Waals surface area contributed by atoms with Gasteiger partial charge in [0.25, 0.3) is 0 Å². The summed E-state index contributed by atoms with van der Waals surface area (Å²) < 4.78 is 0. The van der Waals surface area contributed by atoms with Gasteiger partial charge in [-0.25, -0.2) is 5.43 Å². The minimum atomic E-state index is -0.235. The van der Waals surface area contributed by atoms with Crippen LogP contribution in [0, 0.1) is 0 Å². The molecule has 5 heteroatoms. The summed E-state index contributed by atoms with van der Waals surface area (Å²) in [6.07, 6.45) is 0.233. The van der Waals surface area contributed by atoms with Crippen molar-refractivity contribution in [3.63, 3.8) is 0 Å². The van der Waals surface area contributed by atoms with Gasteiger partial charge in [0, 0.05) is 24.7 Å². The first-order chi connectivity index (χ1) is 7.75. The van der Waals surface area contributed by atoms with Crippen molar-refractivity contribution in [1.29, 1.82) is 0 Å². The van der Waals surface area contributed by atoms with Crippen molar-refractivity contribution in [2.45, 2.75) is 60.0 Å². The zero-order chi connectivity index (χ0) is 13.6. The summed E-state index contributed by atoms with van der Waals surface area (Å²) in [5, 5.41) is 3.83. The molecule has 0 aromatic heterocycles. The first-order valence-electron chi connectivity index (χ1n) is 5.86. The molecule has 0 spiro atoms. The van der Waals surface area contributed by atoms with E-state index in [0.717, 1.165) is 0 Å². The number of rotatable bonds is 5. The molecule has 1 N–H and O–H groups in total. The summed E-state index contributed by atoms with van der Waals surface area (Å²) in [7, 11) is 0. The van der Waals surface area contributed by atoms with Crippen LogP contribution in [-0.2, 0) is 9.59 Å². The average Bonchev–Trinajstić information content (AvgIpc) is 2.12. The fourth-order valence-electron chi connectivity index (χ4n) is 1.70. The smallest absolute Gasteiger partial charge is 0.236 e. The van der Waals surface area contributed by atoms with Crippen molar-refractivity contribution in [3.8, 4) is 0 Å². The van der Waals surface area contributed by atoms with Crippen molar-refractivity contribution in [1.82, 2.24) is 10.3 Å². The lowest BCUT2D eigenvalue weighted by Gasteiger charge is -2.30. The maximum atomic E-state index is 12.0. The molecule has 98 valence electrons. The molecular formula is C12H23N3O2. The van der Waals surface area contributed by atoms with Crippen molar-refractivity contribution in [2.75, 3.05) is 0 Å². The minimum absolute atomic E-state index is 0.0293. The van der Waals surface area contributed by atoms with Gasteiger partial charge in [0.2, 0.25) is 11.8 Å². The summed E-state index contributed by atoms with van der Waals surface area (Å²) >= 11 is 0. The van der Waals surface area contributed by atoms with Gasteiger partial charge in [-0.1, -0.05) is 0 Å². The Morgan fingerprint density at radius 2 is 1.59 bits per heavy atom. The molecule has 0 saturated carbocycles. The van der Waals surface area contributed by atoms with E-state index < -0.39 is 0 Å². The zero-order valence-electron chi connectivity index (χ0n) is 11.6. The summed E-state index contributed by atoms with van der Waals surface area (Å²) in [6, 6.07) is 0.326. The van der Waals surface area contributed by atoms with Gasteiger partial charge in [0.1, 0.15) is 0 Å². The molecule has 0 rings (SSSR count). The highest BCUT2D eigenvalue weighted by Gasteiger charge is 2.20. The van der Waals surface area contributed by atoms with E-state index in [1.165, 1.54) is 6.92 Å². The Morgan fingerprint density at radius 3 is 1.94 bits per heavy atom. The van der Waals surface area contributed by atoms with Crippen LogP contribution in [0.25, 0.3) is 0 Å². The normalized spacial score (nSPS) is 11.9. The number of carbonyl (C=O) groups excluding carboxylic acids is 2. The van der Waals surface area contributed by atoms with E-state index in [4.69, 9.17) is 0 Å². The predicted octanol–water partition coefficient (Wildman–Crippen LogP) is 1.53. The Balaban J connectivity index is 4.51. The van der Waals surface area contributed by atoms with Crippen molar-refractivity contribution in [2.24, 2.45) is 5.10 Å². The van der Waals surface area contributed by atoms with Gasteiger partial charge in [0.05, 0.1) is 6.42 Å². The van der Waals surface area contributed by atoms with E-state index in [0.29, 0.717) is 5.71 Å². The van der Waals surface area contributed by atoms with Crippen LogP contribution in [0.15, 0.2) is 5.10 Å². The van der Waals surface area contributed by atoms with Gasteiger partial charge < -0.3 is 4.90 Å². The Hall–Kier alpha value is -1.39. The van der Waals surface area contributed by atoms with E-state index in [1.54, 1.807) is 6.92 Å². The third-order valence-electron chi connectivity index (χ3n) is 2.21. The standard InChI is InChI=1S/C12H23N3O2/c1-8(2)15(9(3)4)12(17)7-10(5)13-14-11(6)16/h8-9H,7H2,1-6H3,(H,14,16)/b13-10+. The highest BCUT2D eigenvalue weighted by atomic mass is 16.2. The maximum Gasteiger partial charge on any atom is 0.236 e. The van der Waals surface area contributed by atoms with Crippen molar-refractivity contribution < 1.29 is 9.59 Å². The number of hydrogen-bond acceptors (Lipinski definition) is 3. The lowest BCUT2D eigenvalue weighted by Crippen LogP contribution is -2.42. The van der Waals surface area contributed by atoms with E-state index in [2.05, 4.69) is 10.5 Å². The van der Waals surface area contributed by atoms with Crippen LogP contribution in [-0.4, -0.2) is 34.5 Å². The first kappa shape index (κ1) is 15.6. The number of hydrazone groups is 1. The quantitative estimate of drug-likeness (QED) is 0.586. The van der Waals surface area contributed by atoms with Gasteiger partial charge >= 0.3 is 0 Å². The predicted molar refractivity (Wildman–Crippen MR) is 68.7 cm³/mol. The van der Waals surface area contributed by atoms with Crippen LogP contribution in [0.1, 0.15) is 48.0 Å². The highest BCUT2D eigenvalue weighted by Crippen LogP contribution is 2.07. The van der Waals surface area contributed by atoms with Gasteiger partial charge in [0.15, 0.2) is 0 Å². The summed E-state index contributed by atoms with van der Waals surface area (Å²) in [5.74, 6) is -0.206. The molecule has 0 aliphatic heterocycles. The molecular weight excluding hydrogens is 218 g/mol. The Labute approximate surface area is 103 Å². The Morgan fingerprint density at radius 1 is 1.12 bits per heavy atom. The maximum absolute atomic E-state index is 12.0. The van der Waals surface area contributed by atoms with Crippen LogP contribution in [0.3, 0.4) is 0 Å². The van der Waals surface area contributed by atoms with E-state index in [9.17, 15) is 9.59 Å². The second kappa shape index (κ2) is 7.04. The molecule has 0 bridgehead atoms. The van der Waals surface area contributed by atoms with Crippen LogP contribution in [0.5, 0.6) is 0 Å². The second-order valence-corrected chi connectivity index (χ2v) is 4.68. The zero-order valence-corrected chi connectivity index (χ0v) is 11.6. The van der Waals surface area contributed by atoms with Gasteiger partial charge in [-0.05, 0) is 34.6 Å². The van der Waals surface area contributed by atoms with Crippen molar-refractivity contribution in [3.05, 3.63) is 0 Å². The van der Waals surface area contributed by atoms with Gasteiger partial charge in [-0.2, -0.15) is 5.10 Å². The Bertz CT molecular complexity index is 301. The number of carbonyl (C=O) groups is 2. The van der Waals surface area contributed by atoms with Crippen LogP contribution in [0.2, 0.25) is 0 Å². The largest absolute Gasteiger partial charge is 0.338 e. The van der Waals surface area contributed by atoms with Crippen LogP contribution < -0.4 is 5.43 Å². The average molecular weight is 241 g/mol. The van der Waals surface area contributed by atoms with Crippen molar-refractivity contribution >= 4 is 17.5 Å². The van der Waals surface area contributed by atoms with E-state index in [1.807, 2.05) is 32.6 Å². The third kappa shape index (κ3) is 6.04.